The van der Waals surface area contributed by atoms with Crippen molar-refractivity contribution in [1.82, 2.24) is 4.90 Å². The molecule has 1 aliphatic rings. The van der Waals surface area contributed by atoms with Gasteiger partial charge in [0.1, 0.15) is 5.75 Å². The van der Waals surface area contributed by atoms with Gasteiger partial charge in [0.15, 0.2) is 0 Å². The van der Waals surface area contributed by atoms with Crippen LogP contribution in [0.3, 0.4) is 0 Å². The molecule has 1 fully saturated rings. The van der Waals surface area contributed by atoms with Gasteiger partial charge in [0, 0.05) is 12.6 Å². The number of rotatable bonds is 7. The van der Waals surface area contributed by atoms with Crippen LogP contribution >= 0.6 is 0 Å². The number of hydrogen-bond acceptors (Lipinski definition) is 3. The van der Waals surface area contributed by atoms with Gasteiger partial charge in [-0.15, -0.1) is 0 Å². The second-order valence-electron chi connectivity index (χ2n) is 5.82. The number of nitrogens with zero attached hydrogens (tertiary/aromatic N) is 2. The smallest absolute Gasteiger partial charge is 0.120 e. The van der Waals surface area contributed by atoms with E-state index in [4.69, 9.17) is 10.00 Å². The van der Waals surface area contributed by atoms with Gasteiger partial charge in [0.05, 0.1) is 18.2 Å². The van der Waals surface area contributed by atoms with E-state index in [1.807, 2.05) is 12.1 Å². The summed E-state index contributed by atoms with van der Waals surface area (Å²) in [6.45, 7) is 5.37. The van der Waals surface area contributed by atoms with Crippen molar-refractivity contribution in [3.05, 3.63) is 29.8 Å². The molecule has 1 atom stereocenters. The Kier molecular flexibility index (Phi) is 6.56. The van der Waals surface area contributed by atoms with Crippen LogP contribution in [-0.4, -0.2) is 30.6 Å². The van der Waals surface area contributed by atoms with Crippen LogP contribution in [0.25, 0.3) is 0 Å². The lowest BCUT2D eigenvalue weighted by molar-refractivity contribution is 0.130. The maximum Gasteiger partial charge on any atom is 0.120 e. The third-order valence-corrected chi connectivity index (χ3v) is 4.19. The van der Waals surface area contributed by atoms with Crippen molar-refractivity contribution in [3.8, 4) is 11.8 Å². The van der Waals surface area contributed by atoms with E-state index in [0.29, 0.717) is 5.56 Å². The number of hydrogen-bond donors (Lipinski definition) is 0. The summed E-state index contributed by atoms with van der Waals surface area (Å²) in [6.07, 6.45) is 7.74. The van der Waals surface area contributed by atoms with Gasteiger partial charge in [0.25, 0.3) is 0 Å². The predicted molar refractivity (Wildman–Crippen MR) is 85.4 cm³/mol. The van der Waals surface area contributed by atoms with Crippen LogP contribution in [0.15, 0.2) is 24.3 Å². The minimum atomic E-state index is 0.659. The number of benzene rings is 1. The van der Waals surface area contributed by atoms with Crippen molar-refractivity contribution in [1.29, 1.82) is 5.26 Å². The molecule has 1 unspecified atom stereocenters. The maximum atomic E-state index is 8.87. The lowest BCUT2D eigenvalue weighted by Crippen LogP contribution is -2.40. The minimum absolute atomic E-state index is 0.659. The second-order valence-corrected chi connectivity index (χ2v) is 5.82. The van der Waals surface area contributed by atoms with Gasteiger partial charge in [-0.1, -0.05) is 25.8 Å². The van der Waals surface area contributed by atoms with Crippen LogP contribution in [0.2, 0.25) is 0 Å². The highest BCUT2D eigenvalue weighted by Crippen LogP contribution is 2.21. The molecule has 1 aromatic rings. The van der Waals surface area contributed by atoms with Gasteiger partial charge >= 0.3 is 0 Å². The van der Waals surface area contributed by atoms with Gasteiger partial charge in [-0.05, 0) is 50.4 Å². The molecule has 0 bridgehead atoms. The van der Waals surface area contributed by atoms with Crippen molar-refractivity contribution < 1.29 is 4.74 Å². The summed E-state index contributed by atoms with van der Waals surface area (Å²) >= 11 is 0. The Morgan fingerprint density at radius 3 is 3.10 bits per heavy atom. The molecule has 1 aliphatic heterocycles. The average molecular weight is 286 g/mol. The van der Waals surface area contributed by atoms with Crippen LogP contribution < -0.4 is 4.74 Å². The molecule has 1 aromatic carbocycles. The molecule has 0 saturated carbocycles. The van der Waals surface area contributed by atoms with Crippen LogP contribution in [0.4, 0.5) is 0 Å². The molecule has 0 amide bonds. The van der Waals surface area contributed by atoms with Crippen molar-refractivity contribution >= 4 is 0 Å². The molecule has 1 saturated heterocycles. The summed E-state index contributed by atoms with van der Waals surface area (Å²) < 4.78 is 5.76. The van der Waals surface area contributed by atoms with Crippen LogP contribution in [-0.2, 0) is 0 Å². The Morgan fingerprint density at radius 2 is 2.29 bits per heavy atom. The summed E-state index contributed by atoms with van der Waals surface area (Å²) in [4.78, 5) is 2.64. The molecule has 0 N–H and O–H groups in total. The molecule has 1 heterocycles. The SMILES string of the molecule is CCCC1CCCCN1CCCOc1cccc(C#N)c1. The van der Waals surface area contributed by atoms with Crippen LogP contribution in [0, 0.1) is 11.3 Å². The van der Waals surface area contributed by atoms with E-state index >= 15 is 0 Å². The topological polar surface area (TPSA) is 36.3 Å². The fourth-order valence-electron chi connectivity index (χ4n) is 3.13. The Hall–Kier alpha value is -1.53. The van der Waals surface area contributed by atoms with Crippen LogP contribution in [0.5, 0.6) is 5.75 Å². The Morgan fingerprint density at radius 1 is 1.38 bits per heavy atom. The molecular weight excluding hydrogens is 260 g/mol. The standard InChI is InChI=1S/C18H26N2O/c1-2-7-17-9-3-4-11-20(17)12-6-13-21-18-10-5-8-16(14-18)15-19/h5,8,10,14,17H,2-4,6-7,9,11-13H2,1H3. The molecule has 2 rings (SSSR count). The van der Waals surface area contributed by atoms with E-state index in [-0.39, 0.29) is 0 Å². The van der Waals surface area contributed by atoms with Crippen molar-refractivity contribution in [2.24, 2.45) is 0 Å². The minimum Gasteiger partial charge on any atom is -0.494 e. The first-order valence-corrected chi connectivity index (χ1v) is 8.20. The van der Waals surface area contributed by atoms with Gasteiger partial charge in [0.2, 0.25) is 0 Å². The van der Waals surface area contributed by atoms with E-state index in [2.05, 4.69) is 17.9 Å². The zero-order chi connectivity index (χ0) is 14.9. The van der Waals surface area contributed by atoms with E-state index in [0.717, 1.165) is 31.4 Å². The molecule has 0 aliphatic carbocycles. The Balaban J connectivity index is 1.72. The summed E-state index contributed by atoms with van der Waals surface area (Å²) in [5.41, 5.74) is 0.659. The summed E-state index contributed by atoms with van der Waals surface area (Å²) in [6, 6.07) is 10.3. The normalized spacial score (nSPS) is 19.1. The quantitative estimate of drug-likeness (QED) is 0.711. The zero-order valence-electron chi connectivity index (χ0n) is 13.1. The number of nitriles is 1. The molecule has 114 valence electrons. The largest absolute Gasteiger partial charge is 0.494 e. The van der Waals surface area contributed by atoms with E-state index < -0.39 is 0 Å². The van der Waals surface area contributed by atoms with E-state index in [9.17, 15) is 0 Å². The summed E-state index contributed by atoms with van der Waals surface area (Å²) in [5.74, 6) is 0.804. The summed E-state index contributed by atoms with van der Waals surface area (Å²) in [5, 5.41) is 8.87. The fourth-order valence-corrected chi connectivity index (χ4v) is 3.13. The van der Waals surface area contributed by atoms with Crippen molar-refractivity contribution in [2.45, 2.75) is 51.5 Å². The average Bonchev–Trinajstić information content (AvgIpc) is 2.53. The highest BCUT2D eigenvalue weighted by molar-refractivity contribution is 5.36. The monoisotopic (exact) mass is 286 g/mol. The highest BCUT2D eigenvalue weighted by atomic mass is 16.5. The van der Waals surface area contributed by atoms with Crippen LogP contribution in [0.1, 0.15) is 51.0 Å². The molecule has 0 aromatic heterocycles. The molecule has 0 radical (unpaired) electrons. The second kappa shape index (κ2) is 8.69. The first kappa shape index (κ1) is 15.9. The third kappa shape index (κ3) is 5.06. The molecule has 21 heavy (non-hydrogen) atoms. The Bertz CT molecular complexity index is 465. The first-order valence-electron chi connectivity index (χ1n) is 8.20. The van der Waals surface area contributed by atoms with Crippen molar-refractivity contribution in [2.75, 3.05) is 19.7 Å². The number of likely N-dealkylation sites (tertiary alicyclic amines) is 1. The van der Waals surface area contributed by atoms with Crippen molar-refractivity contribution in [3.63, 3.8) is 0 Å². The van der Waals surface area contributed by atoms with Gasteiger partial charge in [-0.25, -0.2) is 0 Å². The van der Waals surface area contributed by atoms with Gasteiger partial charge in [-0.2, -0.15) is 5.26 Å². The van der Waals surface area contributed by atoms with E-state index in [1.165, 1.54) is 38.6 Å². The number of ether oxygens (including phenoxy) is 1. The third-order valence-electron chi connectivity index (χ3n) is 4.19. The predicted octanol–water partition coefficient (Wildman–Crippen LogP) is 3.98. The highest BCUT2D eigenvalue weighted by Gasteiger charge is 2.20. The van der Waals surface area contributed by atoms with E-state index in [1.54, 1.807) is 12.1 Å². The molecular formula is C18H26N2O. The fraction of sp³-hybridized carbons (Fsp3) is 0.611. The summed E-state index contributed by atoms with van der Waals surface area (Å²) in [7, 11) is 0. The molecule has 0 spiro atoms. The first-order chi connectivity index (χ1) is 10.3. The molecule has 3 heteroatoms. The lowest BCUT2D eigenvalue weighted by Gasteiger charge is -2.35. The number of piperidine rings is 1. The zero-order valence-corrected chi connectivity index (χ0v) is 13.1. The van der Waals surface area contributed by atoms with Gasteiger partial charge in [-0.3, -0.25) is 0 Å². The molecule has 3 nitrogen and oxygen atoms in total. The maximum absolute atomic E-state index is 8.87. The lowest BCUT2D eigenvalue weighted by atomic mass is 9.98. The Labute approximate surface area is 128 Å². The van der Waals surface area contributed by atoms with Gasteiger partial charge < -0.3 is 9.64 Å².